The third kappa shape index (κ3) is 4.49. The molecule has 1 heterocycles. The van der Waals surface area contributed by atoms with E-state index in [1.807, 2.05) is 13.0 Å². The molecule has 0 aliphatic carbocycles. The van der Waals surface area contributed by atoms with Crippen molar-refractivity contribution in [3.8, 4) is 5.75 Å². The van der Waals surface area contributed by atoms with Crippen LogP contribution in [0.15, 0.2) is 45.6 Å². The Labute approximate surface area is 171 Å². The van der Waals surface area contributed by atoms with Gasteiger partial charge < -0.3 is 13.9 Å². The third-order valence-corrected chi connectivity index (χ3v) is 5.10. The second kappa shape index (κ2) is 8.67. The standard InChI is InChI=1S/C21H18Cl2O5/c1-12-8-21(25)28-19-10-18(13(9-14(12)19)6-7-20(24)26-2)27-11-15-16(22)4-3-5-17(15)23/h3-5,8-10H,6-7,11H2,1-2H3. The van der Waals surface area contributed by atoms with E-state index < -0.39 is 5.63 Å². The average Bonchev–Trinajstić information content (AvgIpc) is 2.65. The van der Waals surface area contributed by atoms with Crippen LogP contribution < -0.4 is 10.4 Å². The Hall–Kier alpha value is -2.50. The molecule has 2 aromatic carbocycles. The van der Waals surface area contributed by atoms with E-state index in [2.05, 4.69) is 0 Å². The van der Waals surface area contributed by atoms with Crippen LogP contribution in [-0.2, 0) is 22.6 Å². The molecule has 146 valence electrons. The zero-order valence-electron chi connectivity index (χ0n) is 15.4. The van der Waals surface area contributed by atoms with Crippen LogP contribution in [0.3, 0.4) is 0 Å². The lowest BCUT2D eigenvalue weighted by atomic mass is 10.0. The molecule has 0 N–H and O–H groups in total. The molecule has 0 radical (unpaired) electrons. The molecule has 0 bridgehead atoms. The molecule has 0 saturated heterocycles. The maximum absolute atomic E-state index is 11.7. The van der Waals surface area contributed by atoms with Gasteiger partial charge in [0.25, 0.3) is 0 Å². The third-order valence-electron chi connectivity index (χ3n) is 4.39. The van der Waals surface area contributed by atoms with Crippen molar-refractivity contribution in [1.29, 1.82) is 0 Å². The number of hydrogen-bond acceptors (Lipinski definition) is 5. The van der Waals surface area contributed by atoms with Gasteiger partial charge >= 0.3 is 11.6 Å². The summed E-state index contributed by atoms with van der Waals surface area (Å²) >= 11 is 12.4. The summed E-state index contributed by atoms with van der Waals surface area (Å²) in [4.78, 5) is 23.3. The summed E-state index contributed by atoms with van der Waals surface area (Å²) in [5.41, 5.74) is 2.19. The monoisotopic (exact) mass is 420 g/mol. The Morgan fingerprint density at radius 3 is 2.54 bits per heavy atom. The number of benzene rings is 2. The zero-order valence-corrected chi connectivity index (χ0v) is 16.9. The lowest BCUT2D eigenvalue weighted by Crippen LogP contribution is -2.06. The van der Waals surface area contributed by atoms with Gasteiger partial charge in [0, 0.05) is 39.5 Å². The molecule has 0 fully saturated rings. The number of fused-ring (bicyclic) bond motifs is 1. The van der Waals surface area contributed by atoms with Gasteiger partial charge in [-0.15, -0.1) is 0 Å². The van der Waals surface area contributed by atoms with Crippen molar-refractivity contribution < 1.29 is 18.7 Å². The number of ether oxygens (including phenoxy) is 2. The molecule has 7 heteroatoms. The number of carbonyl (C=O) groups excluding carboxylic acids is 1. The van der Waals surface area contributed by atoms with Gasteiger partial charge in [-0.3, -0.25) is 4.79 Å². The van der Waals surface area contributed by atoms with Crippen LogP contribution in [0.5, 0.6) is 5.75 Å². The lowest BCUT2D eigenvalue weighted by Gasteiger charge is -2.14. The summed E-state index contributed by atoms with van der Waals surface area (Å²) in [6, 6.07) is 10.2. The fourth-order valence-electron chi connectivity index (χ4n) is 2.88. The van der Waals surface area contributed by atoms with Crippen molar-refractivity contribution in [1.82, 2.24) is 0 Å². The maximum atomic E-state index is 11.7. The van der Waals surface area contributed by atoms with Gasteiger partial charge in [-0.05, 0) is 42.7 Å². The average molecular weight is 421 g/mol. The molecule has 3 rings (SSSR count). The summed E-state index contributed by atoms with van der Waals surface area (Å²) in [6.45, 7) is 1.96. The first-order valence-corrected chi connectivity index (χ1v) is 9.34. The van der Waals surface area contributed by atoms with E-state index in [4.69, 9.17) is 37.1 Å². The Morgan fingerprint density at radius 2 is 1.86 bits per heavy atom. The maximum Gasteiger partial charge on any atom is 0.336 e. The van der Waals surface area contributed by atoms with E-state index in [1.165, 1.54) is 13.2 Å². The first-order chi connectivity index (χ1) is 13.4. The molecule has 5 nitrogen and oxygen atoms in total. The lowest BCUT2D eigenvalue weighted by molar-refractivity contribution is -0.140. The van der Waals surface area contributed by atoms with Gasteiger partial charge in [0.1, 0.15) is 17.9 Å². The molecule has 3 aromatic rings. The fourth-order valence-corrected chi connectivity index (χ4v) is 3.39. The van der Waals surface area contributed by atoms with Gasteiger partial charge in [0.15, 0.2) is 0 Å². The first-order valence-electron chi connectivity index (χ1n) is 8.59. The normalized spacial score (nSPS) is 10.9. The predicted octanol–water partition coefficient (Wildman–Crippen LogP) is 5.09. The van der Waals surface area contributed by atoms with Crippen molar-refractivity contribution >= 4 is 40.1 Å². The van der Waals surface area contributed by atoms with Crippen LogP contribution in [0.4, 0.5) is 0 Å². The van der Waals surface area contributed by atoms with Gasteiger partial charge in [-0.25, -0.2) is 4.79 Å². The fraction of sp³-hybridized carbons (Fsp3) is 0.238. The van der Waals surface area contributed by atoms with Crippen LogP contribution >= 0.6 is 23.2 Å². The minimum absolute atomic E-state index is 0.130. The van der Waals surface area contributed by atoms with E-state index in [9.17, 15) is 9.59 Å². The summed E-state index contributed by atoms with van der Waals surface area (Å²) < 4.78 is 16.0. The molecule has 0 amide bonds. The highest BCUT2D eigenvalue weighted by atomic mass is 35.5. The zero-order chi connectivity index (χ0) is 20.3. The second-order valence-corrected chi connectivity index (χ2v) is 7.08. The Bertz CT molecular complexity index is 1070. The summed E-state index contributed by atoms with van der Waals surface area (Å²) in [7, 11) is 1.35. The largest absolute Gasteiger partial charge is 0.488 e. The van der Waals surface area contributed by atoms with Crippen molar-refractivity contribution in [2.24, 2.45) is 0 Å². The predicted molar refractivity (Wildman–Crippen MR) is 108 cm³/mol. The minimum Gasteiger partial charge on any atom is -0.488 e. The number of carbonyl (C=O) groups is 1. The Morgan fingerprint density at radius 1 is 1.14 bits per heavy atom. The van der Waals surface area contributed by atoms with E-state index in [1.54, 1.807) is 24.3 Å². The molecule has 28 heavy (non-hydrogen) atoms. The van der Waals surface area contributed by atoms with Crippen LogP contribution in [-0.4, -0.2) is 13.1 Å². The molecule has 0 aliphatic heterocycles. The van der Waals surface area contributed by atoms with Crippen LogP contribution in [0.2, 0.25) is 10.0 Å². The number of methoxy groups -OCH3 is 1. The first kappa shape index (κ1) is 20.2. The number of halogens is 2. The summed E-state index contributed by atoms with van der Waals surface area (Å²) in [5.74, 6) is 0.164. The van der Waals surface area contributed by atoms with Gasteiger partial charge in [-0.1, -0.05) is 29.3 Å². The highest BCUT2D eigenvalue weighted by molar-refractivity contribution is 6.35. The molecule has 0 saturated carbocycles. The van der Waals surface area contributed by atoms with Crippen LogP contribution in [0.25, 0.3) is 11.0 Å². The topological polar surface area (TPSA) is 65.7 Å². The molecule has 0 aliphatic rings. The molecule has 0 spiro atoms. The summed E-state index contributed by atoms with van der Waals surface area (Å²) in [6.07, 6.45) is 0.605. The highest BCUT2D eigenvalue weighted by Gasteiger charge is 2.14. The Balaban J connectivity index is 1.99. The molecule has 0 unspecified atom stereocenters. The van der Waals surface area contributed by atoms with Gasteiger partial charge in [-0.2, -0.15) is 0 Å². The quantitative estimate of drug-likeness (QED) is 0.410. The molecular formula is C21H18Cl2O5. The number of rotatable bonds is 6. The summed E-state index contributed by atoms with van der Waals surface area (Å²) in [5, 5.41) is 1.76. The van der Waals surface area contributed by atoms with E-state index in [0.29, 0.717) is 33.4 Å². The van der Waals surface area contributed by atoms with Crippen LogP contribution in [0, 0.1) is 6.92 Å². The van der Waals surface area contributed by atoms with Crippen molar-refractivity contribution in [3.05, 3.63) is 73.6 Å². The smallest absolute Gasteiger partial charge is 0.336 e. The highest BCUT2D eigenvalue weighted by Crippen LogP contribution is 2.31. The van der Waals surface area contributed by atoms with Gasteiger partial charge in [0.05, 0.1) is 7.11 Å². The minimum atomic E-state index is -0.438. The second-order valence-electron chi connectivity index (χ2n) is 6.27. The number of hydrogen-bond donors (Lipinski definition) is 0. The van der Waals surface area contributed by atoms with Crippen molar-refractivity contribution in [2.75, 3.05) is 7.11 Å². The SMILES string of the molecule is COC(=O)CCc1cc2c(C)cc(=O)oc2cc1OCc1c(Cl)cccc1Cl. The molecule has 1 aromatic heterocycles. The Kier molecular flexibility index (Phi) is 6.27. The van der Waals surface area contributed by atoms with E-state index in [-0.39, 0.29) is 19.0 Å². The van der Waals surface area contributed by atoms with E-state index in [0.717, 1.165) is 16.5 Å². The molecular weight excluding hydrogens is 403 g/mol. The van der Waals surface area contributed by atoms with Crippen LogP contribution in [0.1, 0.15) is 23.1 Å². The van der Waals surface area contributed by atoms with E-state index >= 15 is 0 Å². The van der Waals surface area contributed by atoms with Crippen molar-refractivity contribution in [2.45, 2.75) is 26.4 Å². The van der Waals surface area contributed by atoms with Gasteiger partial charge in [0.2, 0.25) is 0 Å². The number of esters is 1. The number of aryl methyl sites for hydroxylation is 2. The van der Waals surface area contributed by atoms with Crippen molar-refractivity contribution in [3.63, 3.8) is 0 Å². The molecule has 0 atom stereocenters.